The van der Waals surface area contributed by atoms with Gasteiger partial charge in [-0.05, 0) is 185 Å². The number of rotatable bonds is 6. The van der Waals surface area contributed by atoms with E-state index < -0.39 is 0 Å². The van der Waals surface area contributed by atoms with Crippen molar-refractivity contribution in [2.24, 2.45) is 0 Å². The topological polar surface area (TPSA) is 6.48 Å². The Hall–Kier alpha value is -9.28. The Morgan fingerprint density at radius 3 is 1.47 bits per heavy atom. The molecule has 1 aromatic heterocycles. The molecule has 16 rings (SSSR count). The lowest BCUT2D eigenvalue weighted by molar-refractivity contribution is 1.19. The fourth-order valence-electron chi connectivity index (χ4n) is 12.4. The lowest BCUT2D eigenvalue weighted by Crippen LogP contribution is -2.14. The Kier molecular flexibility index (Phi) is 11.9. The molecule has 0 saturated heterocycles. The van der Waals surface area contributed by atoms with E-state index in [1.54, 1.807) is 0 Å². The van der Waals surface area contributed by atoms with Crippen LogP contribution in [0.25, 0.3) is 96.6 Å². The van der Waals surface area contributed by atoms with Crippen molar-refractivity contribution < 1.29 is 0 Å². The molecule has 0 aliphatic heterocycles. The van der Waals surface area contributed by atoms with Crippen molar-refractivity contribution in [3.05, 3.63) is 283 Å². The Morgan fingerprint density at radius 1 is 0.321 bits per heavy atom. The number of para-hydroxylation sites is 1. The number of fused-ring (bicyclic) bond motifs is 16. The van der Waals surface area contributed by atoms with Gasteiger partial charge in [-0.25, -0.2) is 0 Å². The zero-order chi connectivity index (χ0) is 52.3. The highest BCUT2D eigenvalue weighted by Crippen LogP contribution is 2.50. The molecule has 0 atom stereocenters. The second-order valence-electron chi connectivity index (χ2n) is 20.4. The quantitative estimate of drug-likeness (QED) is 0.153. The molecule has 3 heteroatoms. The van der Waals surface area contributed by atoms with Gasteiger partial charge in [-0.15, -0.1) is 11.3 Å². The summed E-state index contributed by atoms with van der Waals surface area (Å²) in [6.07, 6.45) is 1.90. The first-order chi connectivity index (χ1) is 38.6. The maximum atomic E-state index is 2.50. The smallest absolute Gasteiger partial charge is 0.0560 e. The maximum Gasteiger partial charge on any atom is 0.0560 e. The largest absolute Gasteiger partial charge is 0.345 e. The number of nitrogens with zero attached hydrogens (tertiary/aromatic N) is 2. The highest BCUT2D eigenvalue weighted by atomic mass is 32.1. The minimum atomic E-state index is 0.937. The van der Waals surface area contributed by atoms with Gasteiger partial charge in [-0.1, -0.05) is 196 Å². The molecule has 372 valence electrons. The Bertz CT molecular complexity index is 4580. The SMILES string of the molecule is CC.CN(c1ccc2c(c1)-c1c(ccc3ccccc13)C2)c1ccc(-c2ccc3sc4ccc5cc6ccccc6cc5c4c3c2)c(N(c2ccccc2)c2ccc3c(c2)-c2c(ccc4ccccc24)C3)c1.c1ccccc1. The van der Waals surface area contributed by atoms with E-state index in [0.717, 1.165) is 41.3 Å². The van der Waals surface area contributed by atoms with E-state index in [4.69, 9.17) is 0 Å². The van der Waals surface area contributed by atoms with E-state index >= 15 is 0 Å². The van der Waals surface area contributed by atoms with Crippen molar-refractivity contribution in [2.45, 2.75) is 26.7 Å². The van der Waals surface area contributed by atoms with Gasteiger partial charge in [0.1, 0.15) is 0 Å². The van der Waals surface area contributed by atoms with Gasteiger partial charge in [0.05, 0.1) is 5.69 Å². The van der Waals surface area contributed by atoms with Crippen molar-refractivity contribution in [2.75, 3.05) is 16.8 Å². The predicted octanol–water partition coefficient (Wildman–Crippen LogP) is 21.4. The second-order valence-corrected chi connectivity index (χ2v) is 21.5. The van der Waals surface area contributed by atoms with E-state index in [9.17, 15) is 0 Å². The standard InChI is InChI=1S/C67H44N2S.C6H6.C2H6/c1-68(52-27-23-45-34-49-21-19-41-11-7-9-17-56(41)65(49)59(45)38-52)53-29-30-55(48-25-31-63-61(37-48)67-58-36-44-14-6-5-13-43(44)33-47(58)26-32-64(67)70-63)62(40-53)69(51-15-3-2-4-16-51)54-28-24-46-35-50-22-20-42-12-8-10-18-57(42)66(50)60(46)39-54;1-2-4-6-5-3-1;1-2/h2-33,36-40H,34-35H2,1H3;1-6H;1-2H3. The molecule has 0 unspecified atom stereocenters. The van der Waals surface area contributed by atoms with Gasteiger partial charge in [0.2, 0.25) is 0 Å². The summed E-state index contributed by atoms with van der Waals surface area (Å²) >= 11 is 1.89. The number of benzene rings is 13. The molecule has 2 aliphatic carbocycles. The van der Waals surface area contributed by atoms with Crippen LogP contribution in [0.5, 0.6) is 0 Å². The van der Waals surface area contributed by atoms with Crippen LogP contribution < -0.4 is 9.80 Å². The van der Waals surface area contributed by atoms with Crippen molar-refractivity contribution in [1.82, 2.24) is 0 Å². The molecule has 14 aromatic rings. The molecule has 0 radical (unpaired) electrons. The fourth-order valence-corrected chi connectivity index (χ4v) is 13.5. The molecule has 0 saturated carbocycles. The van der Waals surface area contributed by atoms with Crippen LogP contribution in [0.3, 0.4) is 0 Å². The van der Waals surface area contributed by atoms with Gasteiger partial charge >= 0.3 is 0 Å². The number of anilines is 5. The molecule has 2 aliphatic rings. The highest BCUT2D eigenvalue weighted by Gasteiger charge is 2.27. The first kappa shape index (κ1) is 47.2. The maximum absolute atomic E-state index is 2.50. The molecule has 78 heavy (non-hydrogen) atoms. The summed E-state index contributed by atoms with van der Waals surface area (Å²) in [5.74, 6) is 0. The summed E-state index contributed by atoms with van der Waals surface area (Å²) in [5, 5.41) is 12.9. The monoisotopic (exact) mass is 1020 g/mol. The average molecular weight is 1020 g/mol. The van der Waals surface area contributed by atoms with Crippen LogP contribution in [-0.4, -0.2) is 7.05 Å². The normalized spacial score (nSPS) is 11.9. The van der Waals surface area contributed by atoms with Crippen molar-refractivity contribution in [3.8, 4) is 33.4 Å². The summed E-state index contributed by atoms with van der Waals surface area (Å²) in [5.41, 5.74) is 19.0. The fraction of sp³-hybridized carbons (Fsp3) is 0.0667. The number of hydrogen-bond acceptors (Lipinski definition) is 3. The summed E-state index contributed by atoms with van der Waals surface area (Å²) in [6.45, 7) is 4.00. The molecule has 1 heterocycles. The van der Waals surface area contributed by atoms with E-state index in [1.165, 1.54) is 119 Å². The second kappa shape index (κ2) is 19.7. The zero-order valence-corrected chi connectivity index (χ0v) is 44.9. The number of hydrogen-bond donors (Lipinski definition) is 0. The van der Waals surface area contributed by atoms with Crippen LogP contribution in [0.1, 0.15) is 36.1 Å². The predicted molar refractivity (Wildman–Crippen MR) is 338 cm³/mol. The molecule has 0 amide bonds. The van der Waals surface area contributed by atoms with Gasteiger partial charge in [0.15, 0.2) is 0 Å². The highest BCUT2D eigenvalue weighted by molar-refractivity contribution is 7.26. The molecule has 0 bridgehead atoms. The van der Waals surface area contributed by atoms with Crippen molar-refractivity contribution in [1.29, 1.82) is 0 Å². The Morgan fingerprint density at radius 2 is 0.821 bits per heavy atom. The Labute approximate surface area is 460 Å². The number of thiophene rings is 1. The first-order valence-electron chi connectivity index (χ1n) is 27.4. The Balaban J connectivity index is 0.000000643. The summed E-state index contributed by atoms with van der Waals surface area (Å²) < 4.78 is 2.61. The van der Waals surface area contributed by atoms with E-state index in [-0.39, 0.29) is 0 Å². The summed E-state index contributed by atoms with van der Waals surface area (Å²) in [7, 11) is 2.22. The van der Waals surface area contributed by atoms with Crippen LogP contribution in [0, 0.1) is 0 Å². The van der Waals surface area contributed by atoms with Gasteiger partial charge < -0.3 is 9.80 Å². The van der Waals surface area contributed by atoms with E-state index in [1.807, 2.05) is 61.6 Å². The van der Waals surface area contributed by atoms with Crippen LogP contribution in [0.2, 0.25) is 0 Å². The summed E-state index contributed by atoms with van der Waals surface area (Å²) in [4.78, 5) is 4.87. The molecule has 2 nitrogen and oxygen atoms in total. The zero-order valence-electron chi connectivity index (χ0n) is 44.0. The third-order valence-electron chi connectivity index (χ3n) is 16.1. The van der Waals surface area contributed by atoms with Gasteiger partial charge in [-0.3, -0.25) is 0 Å². The van der Waals surface area contributed by atoms with Gasteiger partial charge in [-0.2, -0.15) is 0 Å². The third kappa shape index (κ3) is 8.09. The van der Waals surface area contributed by atoms with Gasteiger partial charge in [0.25, 0.3) is 0 Å². The van der Waals surface area contributed by atoms with Crippen LogP contribution in [0.15, 0.2) is 261 Å². The lowest BCUT2D eigenvalue weighted by atomic mass is 9.95. The molecule has 13 aromatic carbocycles. The van der Waals surface area contributed by atoms with Crippen LogP contribution in [0.4, 0.5) is 28.4 Å². The van der Waals surface area contributed by atoms with Gasteiger partial charge in [0, 0.05) is 55.5 Å². The molecule has 0 fully saturated rings. The van der Waals surface area contributed by atoms with Crippen molar-refractivity contribution >= 4 is 103 Å². The molecule has 0 spiro atoms. The lowest BCUT2D eigenvalue weighted by Gasteiger charge is -2.30. The first-order valence-corrected chi connectivity index (χ1v) is 28.2. The minimum absolute atomic E-state index is 0.937. The van der Waals surface area contributed by atoms with Crippen LogP contribution in [-0.2, 0) is 12.8 Å². The molecular formula is C75H56N2S. The minimum Gasteiger partial charge on any atom is -0.345 e. The van der Waals surface area contributed by atoms with Crippen molar-refractivity contribution in [3.63, 3.8) is 0 Å². The van der Waals surface area contributed by atoms with E-state index in [2.05, 4.69) is 241 Å². The van der Waals surface area contributed by atoms with Crippen LogP contribution >= 0.6 is 11.3 Å². The average Bonchev–Trinajstić information content (AvgIpc) is 4.30. The molecular weight excluding hydrogens is 961 g/mol. The third-order valence-corrected chi connectivity index (χ3v) is 17.2. The molecule has 0 N–H and O–H groups in total. The van der Waals surface area contributed by atoms with E-state index in [0.29, 0.717) is 0 Å². The summed E-state index contributed by atoms with van der Waals surface area (Å²) in [6, 6.07) is 96.5.